The third-order valence-electron chi connectivity index (χ3n) is 5.69. The number of aromatic nitrogens is 2. The molecule has 2 aromatic carbocycles. The molecule has 166 valence electrons. The fourth-order valence-corrected chi connectivity index (χ4v) is 3.91. The van der Waals surface area contributed by atoms with Crippen molar-refractivity contribution in [2.24, 2.45) is 5.92 Å². The number of hydrogen-bond donors (Lipinski definition) is 0. The van der Waals surface area contributed by atoms with Gasteiger partial charge in [0.1, 0.15) is 5.75 Å². The van der Waals surface area contributed by atoms with Gasteiger partial charge in [0.25, 0.3) is 5.91 Å². The number of hydrogen-bond acceptors (Lipinski definition) is 6. The fraction of sp³-hybridized carbons (Fsp3) is 0.360. The largest absolute Gasteiger partial charge is 0.481 e. The average Bonchev–Trinajstić information content (AvgIpc) is 2.84. The standard InChI is InChI=1S/C25H27N3O4/c1-3-31-25(30)19-12-14-28(15-13-19)24(29)17(2)32-20-10-8-18(9-11-20)23-16-26-21-6-4-5-7-22(21)27-23/h4-11,16-17,19H,3,12-15H2,1-2H3/t17-/m1/s1. The third kappa shape index (κ3) is 4.88. The molecule has 0 unspecified atom stereocenters. The number of para-hydroxylation sites is 2. The van der Waals surface area contributed by atoms with E-state index in [9.17, 15) is 9.59 Å². The molecule has 1 saturated heterocycles. The van der Waals surface area contributed by atoms with E-state index in [0.717, 1.165) is 22.3 Å². The van der Waals surface area contributed by atoms with Gasteiger partial charge in [0, 0.05) is 18.7 Å². The van der Waals surface area contributed by atoms with Gasteiger partial charge in [0.05, 0.1) is 35.4 Å². The number of ether oxygens (including phenoxy) is 2. The summed E-state index contributed by atoms with van der Waals surface area (Å²) in [6, 6.07) is 15.2. The van der Waals surface area contributed by atoms with Crippen LogP contribution in [0.25, 0.3) is 22.3 Å². The average molecular weight is 434 g/mol. The molecule has 0 aliphatic carbocycles. The van der Waals surface area contributed by atoms with Crippen molar-refractivity contribution < 1.29 is 19.1 Å². The lowest BCUT2D eigenvalue weighted by atomic mass is 9.97. The van der Waals surface area contributed by atoms with Crippen LogP contribution in [-0.4, -0.2) is 52.5 Å². The molecule has 0 saturated carbocycles. The zero-order chi connectivity index (χ0) is 22.5. The SMILES string of the molecule is CCOC(=O)C1CCN(C(=O)[C@@H](C)Oc2ccc(-c3cnc4ccccc4n3)cc2)CC1. The van der Waals surface area contributed by atoms with Gasteiger partial charge in [-0.25, -0.2) is 4.98 Å². The summed E-state index contributed by atoms with van der Waals surface area (Å²) in [6.07, 6.45) is 2.39. The van der Waals surface area contributed by atoms with Crippen LogP contribution in [0.3, 0.4) is 0 Å². The van der Waals surface area contributed by atoms with Gasteiger partial charge in [-0.05, 0) is 63.1 Å². The Kier molecular flexibility index (Phi) is 6.63. The molecule has 32 heavy (non-hydrogen) atoms. The summed E-state index contributed by atoms with van der Waals surface area (Å²) in [5.41, 5.74) is 3.41. The fourth-order valence-electron chi connectivity index (χ4n) is 3.91. The van der Waals surface area contributed by atoms with Gasteiger partial charge >= 0.3 is 5.97 Å². The predicted octanol–water partition coefficient (Wildman–Crippen LogP) is 3.87. The molecule has 1 amide bonds. The Labute approximate surface area is 187 Å². The zero-order valence-electron chi connectivity index (χ0n) is 18.4. The Morgan fingerprint density at radius 3 is 2.44 bits per heavy atom. The van der Waals surface area contributed by atoms with Crippen LogP contribution in [0.5, 0.6) is 5.75 Å². The molecule has 0 radical (unpaired) electrons. The highest BCUT2D eigenvalue weighted by atomic mass is 16.5. The number of fused-ring (bicyclic) bond motifs is 1. The Balaban J connectivity index is 1.34. The van der Waals surface area contributed by atoms with E-state index in [1.807, 2.05) is 48.5 Å². The third-order valence-corrected chi connectivity index (χ3v) is 5.69. The summed E-state index contributed by atoms with van der Waals surface area (Å²) in [5, 5.41) is 0. The summed E-state index contributed by atoms with van der Waals surface area (Å²) >= 11 is 0. The number of rotatable bonds is 6. The van der Waals surface area contributed by atoms with Gasteiger partial charge in [-0.3, -0.25) is 14.6 Å². The first-order valence-electron chi connectivity index (χ1n) is 11.0. The molecule has 1 aliphatic heterocycles. The highest BCUT2D eigenvalue weighted by molar-refractivity contribution is 5.81. The smallest absolute Gasteiger partial charge is 0.309 e. The van der Waals surface area contributed by atoms with E-state index >= 15 is 0 Å². The van der Waals surface area contributed by atoms with Crippen LogP contribution >= 0.6 is 0 Å². The number of carbonyl (C=O) groups excluding carboxylic acids is 2. The monoisotopic (exact) mass is 433 g/mol. The molecule has 0 bridgehead atoms. The Hall–Kier alpha value is -3.48. The van der Waals surface area contributed by atoms with E-state index in [-0.39, 0.29) is 17.8 Å². The van der Waals surface area contributed by atoms with Crippen molar-refractivity contribution in [3.05, 3.63) is 54.7 Å². The number of esters is 1. The molecule has 2 heterocycles. The predicted molar refractivity (Wildman–Crippen MR) is 121 cm³/mol. The van der Waals surface area contributed by atoms with Crippen LogP contribution in [-0.2, 0) is 14.3 Å². The molecule has 7 nitrogen and oxygen atoms in total. The van der Waals surface area contributed by atoms with Crippen LogP contribution in [0.1, 0.15) is 26.7 Å². The highest BCUT2D eigenvalue weighted by Gasteiger charge is 2.30. The molecule has 1 fully saturated rings. The number of benzene rings is 2. The minimum atomic E-state index is -0.611. The molecule has 1 aromatic heterocycles. The maximum absolute atomic E-state index is 12.8. The highest BCUT2D eigenvalue weighted by Crippen LogP contribution is 2.24. The molecule has 1 atom stereocenters. The van der Waals surface area contributed by atoms with Crippen molar-refractivity contribution in [1.82, 2.24) is 14.9 Å². The van der Waals surface area contributed by atoms with E-state index in [0.29, 0.717) is 38.3 Å². The number of likely N-dealkylation sites (tertiary alicyclic amines) is 1. The number of nitrogens with zero attached hydrogens (tertiary/aromatic N) is 3. The van der Waals surface area contributed by atoms with E-state index in [1.165, 1.54) is 0 Å². The van der Waals surface area contributed by atoms with Gasteiger partial charge in [0.2, 0.25) is 0 Å². The van der Waals surface area contributed by atoms with Gasteiger partial charge in [-0.15, -0.1) is 0 Å². The topological polar surface area (TPSA) is 81.6 Å². The quantitative estimate of drug-likeness (QED) is 0.549. The van der Waals surface area contributed by atoms with E-state index in [1.54, 1.807) is 24.9 Å². The van der Waals surface area contributed by atoms with Crippen molar-refractivity contribution in [3.8, 4) is 17.0 Å². The second kappa shape index (κ2) is 9.77. The van der Waals surface area contributed by atoms with Gasteiger partial charge in [-0.1, -0.05) is 12.1 Å². The lowest BCUT2D eigenvalue weighted by molar-refractivity contribution is -0.152. The van der Waals surface area contributed by atoms with Crippen molar-refractivity contribution in [2.75, 3.05) is 19.7 Å². The number of carbonyl (C=O) groups is 2. The number of piperidine rings is 1. The van der Waals surface area contributed by atoms with E-state index < -0.39 is 6.10 Å². The Bertz CT molecular complexity index is 1090. The minimum Gasteiger partial charge on any atom is -0.481 e. The Morgan fingerprint density at radius 1 is 1.06 bits per heavy atom. The summed E-state index contributed by atoms with van der Waals surface area (Å²) in [7, 11) is 0. The van der Waals surface area contributed by atoms with Crippen LogP contribution in [0.4, 0.5) is 0 Å². The van der Waals surface area contributed by atoms with Crippen molar-refractivity contribution in [3.63, 3.8) is 0 Å². The first-order valence-corrected chi connectivity index (χ1v) is 11.0. The van der Waals surface area contributed by atoms with Crippen LogP contribution in [0.2, 0.25) is 0 Å². The summed E-state index contributed by atoms with van der Waals surface area (Å²) in [6.45, 7) is 5.01. The summed E-state index contributed by atoms with van der Waals surface area (Å²) in [4.78, 5) is 35.5. The van der Waals surface area contributed by atoms with E-state index in [2.05, 4.69) is 9.97 Å². The lowest BCUT2D eigenvalue weighted by Gasteiger charge is -2.32. The normalized spacial score (nSPS) is 15.4. The first kappa shape index (κ1) is 21.7. The molecule has 4 rings (SSSR count). The zero-order valence-corrected chi connectivity index (χ0v) is 18.4. The molecular formula is C25H27N3O4. The second-order valence-electron chi connectivity index (χ2n) is 7.88. The van der Waals surface area contributed by atoms with E-state index in [4.69, 9.17) is 9.47 Å². The molecule has 0 N–H and O–H groups in total. The first-order chi connectivity index (χ1) is 15.5. The molecule has 3 aromatic rings. The van der Waals surface area contributed by atoms with Crippen molar-refractivity contribution >= 4 is 22.9 Å². The molecule has 7 heteroatoms. The van der Waals surface area contributed by atoms with Crippen molar-refractivity contribution in [2.45, 2.75) is 32.8 Å². The summed E-state index contributed by atoms with van der Waals surface area (Å²) < 4.78 is 11.0. The Morgan fingerprint density at radius 2 is 1.75 bits per heavy atom. The number of amides is 1. The van der Waals surface area contributed by atoms with Gasteiger partial charge in [-0.2, -0.15) is 0 Å². The van der Waals surface area contributed by atoms with Gasteiger partial charge in [0.15, 0.2) is 6.10 Å². The maximum Gasteiger partial charge on any atom is 0.309 e. The second-order valence-corrected chi connectivity index (χ2v) is 7.88. The summed E-state index contributed by atoms with van der Waals surface area (Å²) in [5.74, 6) is 0.252. The van der Waals surface area contributed by atoms with Crippen molar-refractivity contribution in [1.29, 1.82) is 0 Å². The van der Waals surface area contributed by atoms with Crippen LogP contribution in [0.15, 0.2) is 54.7 Å². The molecular weight excluding hydrogens is 406 g/mol. The lowest BCUT2D eigenvalue weighted by Crippen LogP contribution is -2.45. The minimum absolute atomic E-state index is 0.0724. The molecule has 1 aliphatic rings. The molecule has 0 spiro atoms. The van der Waals surface area contributed by atoms with Crippen LogP contribution in [0, 0.1) is 5.92 Å². The van der Waals surface area contributed by atoms with Gasteiger partial charge < -0.3 is 14.4 Å². The van der Waals surface area contributed by atoms with Crippen LogP contribution < -0.4 is 4.74 Å². The maximum atomic E-state index is 12.8.